The van der Waals surface area contributed by atoms with Gasteiger partial charge in [-0.2, -0.15) is 0 Å². The van der Waals surface area contributed by atoms with E-state index in [1.165, 1.54) is 0 Å². The van der Waals surface area contributed by atoms with Crippen LogP contribution in [0.3, 0.4) is 0 Å². The summed E-state index contributed by atoms with van der Waals surface area (Å²) in [5, 5.41) is 18.1. The maximum atomic E-state index is 11.3. The molecule has 0 bridgehead atoms. The van der Waals surface area contributed by atoms with Crippen molar-refractivity contribution in [1.82, 2.24) is 0 Å². The SMILES string of the molecule is CCOC(=O)CC(C)(C)CC[C@H](O)CCO. The first-order valence-electron chi connectivity index (χ1n) is 5.86. The summed E-state index contributed by atoms with van der Waals surface area (Å²) < 4.78 is 4.89. The summed E-state index contributed by atoms with van der Waals surface area (Å²) >= 11 is 0. The van der Waals surface area contributed by atoms with Crippen LogP contribution in [0.25, 0.3) is 0 Å². The van der Waals surface area contributed by atoms with E-state index in [9.17, 15) is 9.90 Å². The largest absolute Gasteiger partial charge is 0.466 e. The molecule has 0 aromatic carbocycles. The first-order chi connectivity index (χ1) is 7.41. The molecular weight excluding hydrogens is 208 g/mol. The molecule has 0 aliphatic heterocycles. The van der Waals surface area contributed by atoms with Crippen molar-refractivity contribution < 1.29 is 19.7 Å². The molecule has 0 saturated heterocycles. The molecule has 0 radical (unpaired) electrons. The van der Waals surface area contributed by atoms with E-state index >= 15 is 0 Å². The van der Waals surface area contributed by atoms with E-state index in [4.69, 9.17) is 9.84 Å². The molecule has 0 unspecified atom stereocenters. The molecule has 0 aromatic rings. The van der Waals surface area contributed by atoms with Gasteiger partial charge in [0.05, 0.1) is 19.1 Å². The van der Waals surface area contributed by atoms with Crippen molar-refractivity contribution in [3.63, 3.8) is 0 Å². The molecule has 0 spiro atoms. The molecule has 0 amide bonds. The minimum atomic E-state index is -0.480. The van der Waals surface area contributed by atoms with Gasteiger partial charge in [-0.05, 0) is 31.6 Å². The zero-order valence-corrected chi connectivity index (χ0v) is 10.5. The lowest BCUT2D eigenvalue weighted by Crippen LogP contribution is -2.21. The van der Waals surface area contributed by atoms with Crippen molar-refractivity contribution in [1.29, 1.82) is 0 Å². The van der Waals surface area contributed by atoms with E-state index in [1.807, 2.05) is 13.8 Å². The average molecular weight is 232 g/mol. The van der Waals surface area contributed by atoms with Gasteiger partial charge in [0, 0.05) is 6.61 Å². The van der Waals surface area contributed by atoms with Crippen LogP contribution in [-0.2, 0) is 9.53 Å². The van der Waals surface area contributed by atoms with Gasteiger partial charge >= 0.3 is 5.97 Å². The van der Waals surface area contributed by atoms with Crippen molar-refractivity contribution in [3.05, 3.63) is 0 Å². The number of carbonyl (C=O) groups is 1. The topological polar surface area (TPSA) is 66.8 Å². The quantitative estimate of drug-likeness (QED) is 0.622. The lowest BCUT2D eigenvalue weighted by atomic mass is 9.83. The van der Waals surface area contributed by atoms with Crippen molar-refractivity contribution in [2.24, 2.45) is 5.41 Å². The Morgan fingerprint density at radius 1 is 1.38 bits per heavy atom. The van der Waals surface area contributed by atoms with E-state index in [0.29, 0.717) is 25.9 Å². The van der Waals surface area contributed by atoms with Gasteiger partial charge in [-0.15, -0.1) is 0 Å². The molecule has 2 N–H and O–H groups in total. The third kappa shape index (κ3) is 7.65. The summed E-state index contributed by atoms with van der Waals surface area (Å²) in [5.74, 6) is -0.191. The van der Waals surface area contributed by atoms with Gasteiger partial charge in [0.2, 0.25) is 0 Å². The summed E-state index contributed by atoms with van der Waals surface area (Å²) in [6, 6.07) is 0. The van der Waals surface area contributed by atoms with Gasteiger partial charge in [-0.3, -0.25) is 4.79 Å². The Morgan fingerprint density at radius 2 is 2.00 bits per heavy atom. The van der Waals surface area contributed by atoms with Crippen LogP contribution in [0.2, 0.25) is 0 Å². The minimum absolute atomic E-state index is 0.000524. The van der Waals surface area contributed by atoms with E-state index in [0.717, 1.165) is 6.42 Å². The number of aliphatic hydroxyl groups is 2. The Kier molecular flexibility index (Phi) is 7.34. The summed E-state index contributed by atoms with van der Waals surface area (Å²) in [7, 11) is 0. The van der Waals surface area contributed by atoms with Gasteiger partial charge < -0.3 is 14.9 Å². The van der Waals surface area contributed by atoms with Gasteiger partial charge in [0.25, 0.3) is 0 Å². The molecule has 4 heteroatoms. The average Bonchev–Trinajstić information content (AvgIpc) is 2.15. The molecule has 4 nitrogen and oxygen atoms in total. The Morgan fingerprint density at radius 3 is 2.50 bits per heavy atom. The second-order valence-electron chi connectivity index (χ2n) is 4.85. The van der Waals surface area contributed by atoms with Crippen LogP contribution < -0.4 is 0 Å². The first kappa shape index (κ1) is 15.4. The van der Waals surface area contributed by atoms with E-state index in [1.54, 1.807) is 6.92 Å². The molecular formula is C12H24O4. The summed E-state index contributed by atoms with van der Waals surface area (Å²) in [6.45, 7) is 6.16. The van der Waals surface area contributed by atoms with Crippen molar-refractivity contribution >= 4 is 5.97 Å². The molecule has 0 rings (SSSR count). The molecule has 0 aliphatic rings. The number of esters is 1. The predicted molar refractivity (Wildman–Crippen MR) is 62.0 cm³/mol. The number of ether oxygens (including phenoxy) is 1. The van der Waals surface area contributed by atoms with Crippen LogP contribution in [0.15, 0.2) is 0 Å². The van der Waals surface area contributed by atoms with Crippen LogP contribution in [-0.4, -0.2) is 35.5 Å². The zero-order chi connectivity index (χ0) is 12.6. The molecule has 0 saturated carbocycles. The van der Waals surface area contributed by atoms with Crippen LogP contribution >= 0.6 is 0 Å². The molecule has 96 valence electrons. The number of rotatable bonds is 8. The monoisotopic (exact) mass is 232 g/mol. The van der Waals surface area contributed by atoms with Crippen LogP contribution in [0.4, 0.5) is 0 Å². The van der Waals surface area contributed by atoms with Gasteiger partial charge in [-0.25, -0.2) is 0 Å². The lowest BCUT2D eigenvalue weighted by molar-refractivity contribution is -0.145. The highest BCUT2D eigenvalue weighted by atomic mass is 16.5. The third-order valence-corrected chi connectivity index (χ3v) is 2.54. The number of aliphatic hydroxyl groups excluding tert-OH is 2. The van der Waals surface area contributed by atoms with Gasteiger partial charge in [0.1, 0.15) is 0 Å². The normalized spacial score (nSPS) is 13.6. The van der Waals surface area contributed by atoms with Crippen LogP contribution in [0, 0.1) is 5.41 Å². The van der Waals surface area contributed by atoms with Gasteiger partial charge in [-0.1, -0.05) is 13.8 Å². The summed E-state index contributed by atoms with van der Waals surface area (Å²) in [5.41, 5.74) is -0.164. The highest BCUT2D eigenvalue weighted by Gasteiger charge is 2.23. The van der Waals surface area contributed by atoms with Crippen LogP contribution in [0.5, 0.6) is 0 Å². The highest BCUT2D eigenvalue weighted by molar-refractivity contribution is 5.70. The fourth-order valence-electron chi connectivity index (χ4n) is 1.54. The van der Waals surface area contributed by atoms with E-state index in [-0.39, 0.29) is 18.0 Å². The fraction of sp³-hybridized carbons (Fsp3) is 0.917. The molecule has 16 heavy (non-hydrogen) atoms. The minimum Gasteiger partial charge on any atom is -0.466 e. The van der Waals surface area contributed by atoms with Crippen LogP contribution in [0.1, 0.15) is 46.5 Å². The molecule has 0 aliphatic carbocycles. The van der Waals surface area contributed by atoms with E-state index in [2.05, 4.69) is 0 Å². The van der Waals surface area contributed by atoms with Gasteiger partial charge in [0.15, 0.2) is 0 Å². The zero-order valence-electron chi connectivity index (χ0n) is 10.5. The number of hydrogen-bond acceptors (Lipinski definition) is 4. The number of carbonyl (C=O) groups excluding carboxylic acids is 1. The van der Waals surface area contributed by atoms with Crippen molar-refractivity contribution in [2.75, 3.05) is 13.2 Å². The summed E-state index contributed by atoms with van der Waals surface area (Å²) in [4.78, 5) is 11.3. The standard InChI is InChI=1S/C12H24O4/c1-4-16-11(15)9-12(2,3)7-5-10(14)6-8-13/h10,13-14H,4-9H2,1-3H3/t10-/m0/s1. The molecule has 1 atom stereocenters. The maximum absolute atomic E-state index is 11.3. The third-order valence-electron chi connectivity index (χ3n) is 2.54. The van der Waals surface area contributed by atoms with Crippen molar-refractivity contribution in [2.45, 2.75) is 52.6 Å². The number of hydrogen-bond donors (Lipinski definition) is 2. The molecule has 0 fully saturated rings. The predicted octanol–water partition coefficient (Wildman–Crippen LogP) is 1.49. The van der Waals surface area contributed by atoms with Crippen molar-refractivity contribution in [3.8, 4) is 0 Å². The maximum Gasteiger partial charge on any atom is 0.306 e. The molecule has 0 aromatic heterocycles. The Labute approximate surface area is 97.6 Å². The molecule has 0 heterocycles. The second kappa shape index (κ2) is 7.63. The van der Waals surface area contributed by atoms with E-state index < -0.39 is 6.10 Å². The Balaban J connectivity index is 3.89. The first-order valence-corrected chi connectivity index (χ1v) is 5.86. The second-order valence-corrected chi connectivity index (χ2v) is 4.85. The fourth-order valence-corrected chi connectivity index (χ4v) is 1.54. The summed E-state index contributed by atoms with van der Waals surface area (Å²) in [6.07, 6.45) is 1.63. The Bertz CT molecular complexity index is 201. The Hall–Kier alpha value is -0.610. The lowest BCUT2D eigenvalue weighted by Gasteiger charge is -2.24. The smallest absolute Gasteiger partial charge is 0.306 e. The highest BCUT2D eigenvalue weighted by Crippen LogP contribution is 2.28.